The first-order chi connectivity index (χ1) is 24.3. The van der Waals surface area contributed by atoms with Gasteiger partial charge in [-0.3, -0.25) is 0 Å². The molecule has 8 heteroatoms. The van der Waals surface area contributed by atoms with E-state index >= 15 is 0 Å². The van der Waals surface area contributed by atoms with Gasteiger partial charge in [0.15, 0.2) is 0 Å². The van der Waals surface area contributed by atoms with Crippen molar-refractivity contribution in [2.75, 3.05) is 26.4 Å². The summed E-state index contributed by atoms with van der Waals surface area (Å²) < 4.78 is 29.0. The molecule has 4 aromatic carbocycles. The summed E-state index contributed by atoms with van der Waals surface area (Å²) in [5, 5.41) is 0. The van der Waals surface area contributed by atoms with Crippen molar-refractivity contribution in [2.24, 2.45) is 11.5 Å². The topological polar surface area (TPSA) is 89.0 Å². The first kappa shape index (κ1) is 38.7. The molecular weight excluding hydrogens is 850 g/mol. The Morgan fingerprint density at radius 2 is 0.640 bits per heavy atom. The third kappa shape index (κ3) is 9.46. The summed E-state index contributed by atoms with van der Waals surface area (Å²) in [5.41, 5.74) is 24.0. The van der Waals surface area contributed by atoms with Gasteiger partial charge in [0.2, 0.25) is 0 Å². The highest BCUT2D eigenvalue weighted by Crippen LogP contribution is 2.41. The van der Waals surface area contributed by atoms with Crippen LogP contribution in [-0.2, 0) is 38.8 Å². The lowest BCUT2D eigenvalue weighted by atomic mass is 9.89. The minimum Gasteiger partial charge on any atom is -0.493 e. The third-order valence-electron chi connectivity index (χ3n) is 8.82. The average molecular weight is 903 g/mol. The molecular formula is C42H52I2N2O4. The number of hydrogen-bond acceptors (Lipinski definition) is 6. The number of benzene rings is 4. The van der Waals surface area contributed by atoms with E-state index in [1.165, 1.54) is 0 Å². The van der Waals surface area contributed by atoms with Crippen molar-refractivity contribution in [1.82, 2.24) is 0 Å². The molecule has 0 fully saturated rings. The monoisotopic (exact) mass is 902 g/mol. The molecule has 0 aliphatic heterocycles. The highest BCUT2D eigenvalue weighted by atomic mass is 127. The van der Waals surface area contributed by atoms with Crippen LogP contribution < -0.4 is 30.4 Å². The molecule has 0 atom stereocenters. The van der Waals surface area contributed by atoms with E-state index in [2.05, 4.69) is 121 Å². The Hall–Kier alpha value is -2.54. The second-order valence-electron chi connectivity index (χ2n) is 13.1. The van der Waals surface area contributed by atoms with Crippen LogP contribution in [-0.4, -0.2) is 26.4 Å². The number of fused-ring (bicyclic) bond motifs is 8. The summed E-state index contributed by atoms with van der Waals surface area (Å²) in [6, 6.07) is 17.9. The average Bonchev–Trinajstić information content (AvgIpc) is 3.09. The highest BCUT2D eigenvalue weighted by molar-refractivity contribution is 14.1. The molecule has 4 aromatic rings. The van der Waals surface area contributed by atoms with Gasteiger partial charge in [0.05, 0.1) is 26.4 Å². The SMILES string of the molecule is CCCOc1c2cc(I)cc1Cc1cc(CN)cc(c1OCCC)Cc1cc(I)cc(c1OCCC)Cc1cc(CN)cc(c1OCCC)C2. The number of nitrogens with two attached hydrogens (primary N) is 2. The lowest BCUT2D eigenvalue weighted by Crippen LogP contribution is -2.12. The van der Waals surface area contributed by atoms with Crippen LogP contribution in [0.15, 0.2) is 48.5 Å². The van der Waals surface area contributed by atoms with Gasteiger partial charge in [-0.15, -0.1) is 0 Å². The molecule has 6 nitrogen and oxygen atoms in total. The van der Waals surface area contributed by atoms with Gasteiger partial charge in [0, 0.05) is 45.9 Å². The zero-order valence-corrected chi connectivity index (χ0v) is 34.4. The highest BCUT2D eigenvalue weighted by Gasteiger charge is 2.24. The zero-order valence-electron chi connectivity index (χ0n) is 30.1. The predicted octanol–water partition coefficient (Wildman–Crippen LogP) is 9.65. The van der Waals surface area contributed by atoms with Gasteiger partial charge >= 0.3 is 0 Å². The first-order valence-electron chi connectivity index (χ1n) is 18.1. The molecule has 0 saturated heterocycles. The molecule has 0 amide bonds. The van der Waals surface area contributed by atoms with Gasteiger partial charge in [0.25, 0.3) is 0 Å². The molecule has 0 heterocycles. The fourth-order valence-corrected chi connectivity index (χ4v) is 8.25. The van der Waals surface area contributed by atoms with Crippen molar-refractivity contribution in [3.63, 3.8) is 0 Å². The van der Waals surface area contributed by atoms with Crippen LogP contribution >= 0.6 is 45.2 Å². The molecule has 0 aromatic heterocycles. The number of rotatable bonds is 14. The maximum atomic E-state index is 6.67. The van der Waals surface area contributed by atoms with Crippen molar-refractivity contribution < 1.29 is 18.9 Å². The molecule has 1 aliphatic rings. The van der Waals surface area contributed by atoms with E-state index < -0.39 is 0 Å². The second kappa shape index (κ2) is 18.8. The molecule has 1 aliphatic carbocycles. The number of halogens is 2. The molecule has 0 unspecified atom stereocenters. The van der Waals surface area contributed by atoms with Gasteiger partial charge in [0.1, 0.15) is 23.0 Å². The molecule has 8 bridgehead atoms. The van der Waals surface area contributed by atoms with E-state index in [9.17, 15) is 0 Å². The maximum absolute atomic E-state index is 6.67. The van der Waals surface area contributed by atoms with Gasteiger partial charge < -0.3 is 30.4 Å². The smallest absolute Gasteiger partial charge is 0.126 e. The Morgan fingerprint density at radius 3 is 0.840 bits per heavy atom. The minimum atomic E-state index is 0.445. The Kier molecular flexibility index (Phi) is 14.5. The number of hydrogen-bond donors (Lipinski definition) is 2. The molecule has 0 radical (unpaired) electrons. The Bertz CT molecular complexity index is 1550. The quantitative estimate of drug-likeness (QED) is 0.108. The van der Waals surface area contributed by atoms with Crippen molar-refractivity contribution in [2.45, 2.75) is 92.2 Å². The third-order valence-corrected chi connectivity index (χ3v) is 10.1. The normalized spacial score (nSPS) is 12.5. The van der Waals surface area contributed by atoms with Gasteiger partial charge in [-0.2, -0.15) is 0 Å². The van der Waals surface area contributed by atoms with Crippen LogP contribution in [0.5, 0.6) is 23.0 Å². The Morgan fingerprint density at radius 1 is 0.420 bits per heavy atom. The van der Waals surface area contributed by atoms with Crippen LogP contribution in [0, 0.1) is 7.14 Å². The Balaban J connectivity index is 1.86. The standard InChI is InChI=1S/C42H52I2N2O4/c1-5-9-47-39-29-13-27(25-45)14-30(39)18-34-22-38(44)24-36(42(34)50-12-8-4)20-32-16-28(26-46)15-31(40(32)48-10-6-2)19-35-23-37(43)21-33(17-29)41(35)49-11-7-3/h13-16,21-24H,5-12,17-20,25-26,45-46H2,1-4H3. The van der Waals surface area contributed by atoms with Crippen LogP contribution in [0.4, 0.5) is 0 Å². The zero-order chi connectivity index (χ0) is 35.6. The summed E-state index contributed by atoms with van der Waals surface area (Å²) in [6.45, 7) is 12.0. The van der Waals surface area contributed by atoms with Crippen molar-refractivity contribution in [3.05, 3.63) is 111 Å². The first-order valence-corrected chi connectivity index (χ1v) is 20.3. The van der Waals surface area contributed by atoms with Crippen LogP contribution in [0.2, 0.25) is 0 Å². The summed E-state index contributed by atoms with van der Waals surface area (Å²) in [4.78, 5) is 0. The predicted molar refractivity (Wildman–Crippen MR) is 221 cm³/mol. The maximum Gasteiger partial charge on any atom is 0.126 e. The van der Waals surface area contributed by atoms with Crippen LogP contribution in [0.3, 0.4) is 0 Å². The van der Waals surface area contributed by atoms with Gasteiger partial charge in [-0.05, 0) is 151 Å². The Labute approximate surface area is 326 Å². The fourth-order valence-electron chi connectivity index (χ4n) is 6.74. The summed E-state index contributed by atoms with van der Waals surface area (Å²) in [7, 11) is 0. The van der Waals surface area contributed by atoms with E-state index in [0.717, 1.165) is 111 Å². The molecule has 0 saturated carbocycles. The largest absolute Gasteiger partial charge is 0.493 e. The van der Waals surface area contributed by atoms with E-state index in [4.69, 9.17) is 30.4 Å². The van der Waals surface area contributed by atoms with E-state index in [-0.39, 0.29) is 0 Å². The van der Waals surface area contributed by atoms with E-state index in [0.29, 0.717) is 65.2 Å². The molecule has 5 rings (SSSR count). The molecule has 268 valence electrons. The fraction of sp³-hybridized carbons (Fsp3) is 0.429. The van der Waals surface area contributed by atoms with Crippen molar-refractivity contribution in [3.8, 4) is 23.0 Å². The second-order valence-corrected chi connectivity index (χ2v) is 15.6. The lowest BCUT2D eigenvalue weighted by molar-refractivity contribution is 0.304. The van der Waals surface area contributed by atoms with Gasteiger partial charge in [-0.1, -0.05) is 52.0 Å². The molecule has 50 heavy (non-hydrogen) atoms. The summed E-state index contributed by atoms with van der Waals surface area (Å²) in [6.07, 6.45) is 6.30. The van der Waals surface area contributed by atoms with E-state index in [1.807, 2.05) is 0 Å². The summed E-state index contributed by atoms with van der Waals surface area (Å²) >= 11 is 4.89. The lowest BCUT2D eigenvalue weighted by Gasteiger charge is -2.24. The van der Waals surface area contributed by atoms with E-state index in [1.54, 1.807) is 0 Å². The molecule has 0 spiro atoms. The summed E-state index contributed by atoms with van der Waals surface area (Å²) in [5.74, 6) is 3.76. The molecule has 4 N–H and O–H groups in total. The van der Waals surface area contributed by atoms with Gasteiger partial charge in [-0.25, -0.2) is 0 Å². The minimum absolute atomic E-state index is 0.445. The number of ether oxygens (including phenoxy) is 4. The van der Waals surface area contributed by atoms with Crippen molar-refractivity contribution >= 4 is 45.2 Å². The van der Waals surface area contributed by atoms with Crippen LogP contribution in [0.25, 0.3) is 0 Å². The van der Waals surface area contributed by atoms with Crippen LogP contribution in [0.1, 0.15) is 109 Å². The van der Waals surface area contributed by atoms with Crippen molar-refractivity contribution in [1.29, 1.82) is 0 Å².